The molecule has 2 atom stereocenters. The molecule has 4 aromatic rings. The molecule has 4 rings (SSSR count). The molecule has 0 bridgehead atoms. The van der Waals surface area contributed by atoms with Gasteiger partial charge in [-0.05, 0) is 23.3 Å². The SMILES string of the molecule is Fc1cc(Cc2cc(F)c(P)c3nsnc23)c2nsnc2c1P. The summed E-state index contributed by atoms with van der Waals surface area (Å²) in [7, 11) is 4.69. The number of hydrogen-bond donors (Lipinski definition) is 0. The van der Waals surface area contributed by atoms with E-state index in [-0.39, 0.29) is 11.6 Å². The van der Waals surface area contributed by atoms with Crippen LogP contribution in [0.1, 0.15) is 11.1 Å². The van der Waals surface area contributed by atoms with Gasteiger partial charge in [-0.2, -0.15) is 17.5 Å². The molecule has 0 saturated carbocycles. The van der Waals surface area contributed by atoms with Gasteiger partial charge in [0.2, 0.25) is 0 Å². The van der Waals surface area contributed by atoms with Crippen LogP contribution in [0.25, 0.3) is 22.1 Å². The molecule has 10 heteroatoms. The van der Waals surface area contributed by atoms with Crippen molar-refractivity contribution in [3.05, 3.63) is 34.9 Å². The first-order chi connectivity index (χ1) is 11.1. The molecule has 0 saturated heterocycles. The van der Waals surface area contributed by atoms with E-state index in [1.165, 1.54) is 12.1 Å². The molecule has 2 heterocycles. The number of hydrogen-bond acceptors (Lipinski definition) is 6. The Balaban J connectivity index is 1.92. The molecule has 0 aliphatic carbocycles. The fourth-order valence-corrected chi connectivity index (χ4v) is 4.39. The van der Waals surface area contributed by atoms with Gasteiger partial charge in [0.25, 0.3) is 0 Å². The van der Waals surface area contributed by atoms with Crippen LogP contribution in [0.3, 0.4) is 0 Å². The lowest BCUT2D eigenvalue weighted by molar-refractivity contribution is 0.634. The number of halogens is 2. The van der Waals surface area contributed by atoms with E-state index in [9.17, 15) is 8.78 Å². The van der Waals surface area contributed by atoms with Gasteiger partial charge in [-0.25, -0.2) is 8.78 Å². The molecule has 0 N–H and O–H groups in total. The molecule has 116 valence electrons. The molecule has 4 nitrogen and oxygen atoms in total. The topological polar surface area (TPSA) is 51.6 Å². The van der Waals surface area contributed by atoms with Crippen molar-refractivity contribution < 1.29 is 8.78 Å². The average molecular weight is 384 g/mol. The summed E-state index contributed by atoms with van der Waals surface area (Å²) in [5.74, 6) is -0.748. The highest BCUT2D eigenvalue weighted by molar-refractivity contribution is 7.28. The lowest BCUT2D eigenvalue weighted by Gasteiger charge is -2.07. The second-order valence-corrected chi connectivity index (χ2v) is 7.17. The summed E-state index contributed by atoms with van der Waals surface area (Å²) in [5.41, 5.74) is 3.61. The standard InChI is InChI=1S/C13H8F2N4P2S2/c14-6-2-4(8-10(12(6)20)18-22-16-8)1-5-3-7(15)13(21)11-9(5)17-23-19-11/h2-3H,1,20-21H2. The van der Waals surface area contributed by atoms with Gasteiger partial charge >= 0.3 is 0 Å². The Morgan fingerprint density at radius 2 is 1.13 bits per heavy atom. The third-order valence-corrected chi connectivity index (χ3v) is 5.75. The highest BCUT2D eigenvalue weighted by Gasteiger charge is 2.17. The first-order valence-corrected chi connectivity index (χ1v) is 9.06. The molecular weight excluding hydrogens is 376 g/mol. The Bertz CT molecular complexity index is 979. The lowest BCUT2D eigenvalue weighted by Crippen LogP contribution is -2.06. The van der Waals surface area contributed by atoms with Gasteiger partial charge < -0.3 is 0 Å². The summed E-state index contributed by atoms with van der Waals surface area (Å²) < 4.78 is 44.9. The fraction of sp³-hybridized carbons (Fsp3) is 0.0769. The van der Waals surface area contributed by atoms with Crippen molar-refractivity contribution in [2.45, 2.75) is 6.42 Å². The van der Waals surface area contributed by atoms with Gasteiger partial charge in [0.15, 0.2) is 0 Å². The minimum Gasteiger partial charge on any atom is -0.206 e. The molecular formula is C13H8F2N4P2S2. The number of fused-ring (bicyclic) bond motifs is 2. The van der Waals surface area contributed by atoms with Gasteiger partial charge in [-0.3, -0.25) is 0 Å². The van der Waals surface area contributed by atoms with Crippen LogP contribution in [0, 0.1) is 11.6 Å². The van der Waals surface area contributed by atoms with Gasteiger partial charge in [-0.15, -0.1) is 0 Å². The van der Waals surface area contributed by atoms with Crippen molar-refractivity contribution >= 4 is 74.6 Å². The van der Waals surface area contributed by atoms with Crippen LogP contribution >= 0.6 is 41.9 Å². The van der Waals surface area contributed by atoms with Crippen molar-refractivity contribution in [3.8, 4) is 0 Å². The normalized spacial score (nSPS) is 11.7. The zero-order valence-electron chi connectivity index (χ0n) is 11.4. The Kier molecular flexibility index (Phi) is 3.81. The van der Waals surface area contributed by atoms with Crippen LogP contribution in [0.5, 0.6) is 0 Å². The number of benzene rings is 2. The monoisotopic (exact) mass is 384 g/mol. The van der Waals surface area contributed by atoms with Gasteiger partial charge in [0.05, 0.1) is 23.5 Å². The summed E-state index contributed by atoms with van der Waals surface area (Å²) in [5, 5.41) is 0.786. The van der Waals surface area contributed by atoms with E-state index in [0.29, 0.717) is 50.2 Å². The lowest BCUT2D eigenvalue weighted by atomic mass is 10.0. The van der Waals surface area contributed by atoms with Crippen molar-refractivity contribution in [2.24, 2.45) is 0 Å². The maximum atomic E-state index is 14.1. The van der Waals surface area contributed by atoms with E-state index in [2.05, 4.69) is 36.0 Å². The fourth-order valence-electron chi connectivity index (χ4n) is 2.45. The van der Waals surface area contributed by atoms with E-state index in [1.807, 2.05) is 0 Å². The van der Waals surface area contributed by atoms with Crippen LogP contribution in [0.2, 0.25) is 0 Å². The van der Waals surface area contributed by atoms with Gasteiger partial charge in [-0.1, -0.05) is 18.5 Å². The maximum absolute atomic E-state index is 14.1. The predicted octanol–water partition coefficient (Wildman–Crippen LogP) is 2.57. The van der Waals surface area contributed by atoms with E-state index >= 15 is 0 Å². The van der Waals surface area contributed by atoms with Gasteiger partial charge in [0.1, 0.15) is 33.7 Å². The molecule has 0 fully saturated rings. The highest BCUT2D eigenvalue weighted by atomic mass is 32.1. The largest absolute Gasteiger partial charge is 0.206 e. The van der Waals surface area contributed by atoms with E-state index in [4.69, 9.17) is 0 Å². The Hall–Kier alpha value is -1.20. The smallest absolute Gasteiger partial charge is 0.132 e. The zero-order chi connectivity index (χ0) is 16.1. The Labute approximate surface area is 142 Å². The number of aromatic nitrogens is 4. The molecule has 2 aromatic heterocycles. The molecule has 0 aliphatic heterocycles. The predicted molar refractivity (Wildman–Crippen MR) is 96.2 cm³/mol. The molecule has 23 heavy (non-hydrogen) atoms. The second kappa shape index (κ2) is 5.71. The van der Waals surface area contributed by atoms with Crippen LogP contribution in [0.4, 0.5) is 8.78 Å². The summed E-state index contributed by atoms with van der Waals surface area (Å²) >= 11 is 2.06. The average Bonchev–Trinajstić information content (AvgIpc) is 3.18. The minimum atomic E-state index is -0.374. The van der Waals surface area contributed by atoms with Crippen molar-refractivity contribution in [1.82, 2.24) is 17.5 Å². The Morgan fingerprint density at radius 3 is 1.57 bits per heavy atom. The second-order valence-electron chi connectivity index (χ2n) is 4.96. The first-order valence-electron chi connectivity index (χ1n) is 6.44. The summed E-state index contributed by atoms with van der Waals surface area (Å²) in [6.45, 7) is 0. The molecule has 2 unspecified atom stereocenters. The maximum Gasteiger partial charge on any atom is 0.132 e. The minimum absolute atomic E-state index is 0.313. The summed E-state index contributed by atoms with van der Waals surface area (Å²) in [6.07, 6.45) is 0.313. The summed E-state index contributed by atoms with van der Waals surface area (Å²) in [6, 6.07) is 2.84. The highest BCUT2D eigenvalue weighted by Crippen LogP contribution is 2.26. The molecule has 2 aromatic carbocycles. The van der Waals surface area contributed by atoms with Crippen molar-refractivity contribution in [1.29, 1.82) is 0 Å². The first kappa shape index (κ1) is 15.3. The van der Waals surface area contributed by atoms with Crippen molar-refractivity contribution in [3.63, 3.8) is 0 Å². The quantitative estimate of drug-likeness (QED) is 0.499. The van der Waals surface area contributed by atoms with Crippen LogP contribution in [0.15, 0.2) is 12.1 Å². The van der Waals surface area contributed by atoms with Crippen LogP contribution in [-0.4, -0.2) is 17.5 Å². The molecule has 0 spiro atoms. The van der Waals surface area contributed by atoms with E-state index < -0.39 is 0 Å². The van der Waals surface area contributed by atoms with Gasteiger partial charge in [0, 0.05) is 17.0 Å². The number of rotatable bonds is 2. The van der Waals surface area contributed by atoms with E-state index in [0.717, 1.165) is 23.5 Å². The molecule has 0 radical (unpaired) electrons. The summed E-state index contributed by atoms with van der Waals surface area (Å²) in [4.78, 5) is 0. The van der Waals surface area contributed by atoms with E-state index in [1.54, 1.807) is 0 Å². The molecule has 0 aliphatic rings. The number of nitrogens with zero attached hydrogens (tertiary/aromatic N) is 4. The van der Waals surface area contributed by atoms with Crippen LogP contribution in [-0.2, 0) is 6.42 Å². The van der Waals surface area contributed by atoms with Crippen molar-refractivity contribution in [2.75, 3.05) is 0 Å². The van der Waals surface area contributed by atoms with Crippen LogP contribution < -0.4 is 10.6 Å². The Morgan fingerprint density at radius 1 is 0.739 bits per heavy atom. The zero-order valence-corrected chi connectivity index (χ0v) is 15.3. The third kappa shape index (κ3) is 2.45. The third-order valence-electron chi connectivity index (χ3n) is 3.59. The molecule has 0 amide bonds.